The first kappa shape index (κ1) is 12.6. The summed E-state index contributed by atoms with van der Waals surface area (Å²) in [6.45, 7) is 6.73. The number of ether oxygens (including phenoxy) is 1. The van der Waals surface area contributed by atoms with Crippen LogP contribution in [0.15, 0.2) is 24.3 Å². The van der Waals surface area contributed by atoms with E-state index in [0.717, 1.165) is 12.2 Å². The first-order chi connectivity index (χ1) is 6.95. The van der Waals surface area contributed by atoms with Crippen molar-refractivity contribution in [3.05, 3.63) is 29.8 Å². The SMILES string of the molecule is COc1ccc(C(C)(C)C[C@@H](C)Br)cc1. The molecule has 0 aliphatic rings. The van der Waals surface area contributed by atoms with Crippen LogP contribution in [0, 0.1) is 0 Å². The molecule has 0 unspecified atom stereocenters. The van der Waals surface area contributed by atoms with Gasteiger partial charge in [0.2, 0.25) is 0 Å². The average Bonchev–Trinajstić information content (AvgIpc) is 2.16. The molecule has 2 heteroatoms. The number of halogens is 1. The summed E-state index contributed by atoms with van der Waals surface area (Å²) in [4.78, 5) is 0.537. The molecule has 0 N–H and O–H groups in total. The molecule has 0 fully saturated rings. The Morgan fingerprint density at radius 2 is 1.80 bits per heavy atom. The van der Waals surface area contributed by atoms with Crippen LogP contribution in [0.4, 0.5) is 0 Å². The summed E-state index contributed by atoms with van der Waals surface area (Å²) >= 11 is 3.61. The molecule has 0 saturated heterocycles. The molecule has 0 radical (unpaired) electrons. The minimum absolute atomic E-state index is 0.204. The fraction of sp³-hybridized carbons (Fsp3) is 0.538. The summed E-state index contributed by atoms with van der Waals surface area (Å²) < 4.78 is 5.15. The fourth-order valence-corrected chi connectivity index (χ4v) is 2.67. The van der Waals surface area contributed by atoms with Crippen LogP contribution in [0.5, 0.6) is 5.75 Å². The Morgan fingerprint density at radius 1 is 1.27 bits per heavy atom. The Kier molecular flexibility index (Phi) is 4.21. The molecule has 15 heavy (non-hydrogen) atoms. The van der Waals surface area contributed by atoms with Gasteiger partial charge in [0.05, 0.1) is 7.11 Å². The highest BCUT2D eigenvalue weighted by atomic mass is 79.9. The average molecular weight is 271 g/mol. The molecule has 0 aliphatic carbocycles. The van der Waals surface area contributed by atoms with E-state index in [2.05, 4.69) is 48.8 Å². The lowest BCUT2D eigenvalue weighted by Crippen LogP contribution is -2.20. The largest absolute Gasteiger partial charge is 0.497 e. The van der Waals surface area contributed by atoms with E-state index in [1.807, 2.05) is 12.1 Å². The minimum Gasteiger partial charge on any atom is -0.497 e. The predicted octanol–water partition coefficient (Wildman–Crippen LogP) is 4.15. The fourth-order valence-electron chi connectivity index (χ4n) is 1.86. The molecule has 1 aromatic carbocycles. The molecule has 0 heterocycles. The lowest BCUT2D eigenvalue weighted by Gasteiger charge is -2.26. The molecule has 0 aliphatic heterocycles. The van der Waals surface area contributed by atoms with Crippen LogP contribution in [0.1, 0.15) is 32.8 Å². The third kappa shape index (κ3) is 3.53. The van der Waals surface area contributed by atoms with Gasteiger partial charge in [0, 0.05) is 4.83 Å². The van der Waals surface area contributed by atoms with E-state index in [4.69, 9.17) is 4.74 Å². The van der Waals surface area contributed by atoms with Crippen molar-refractivity contribution in [2.24, 2.45) is 0 Å². The van der Waals surface area contributed by atoms with Gasteiger partial charge in [-0.25, -0.2) is 0 Å². The summed E-state index contributed by atoms with van der Waals surface area (Å²) in [5.41, 5.74) is 1.56. The molecular weight excluding hydrogens is 252 g/mol. The Morgan fingerprint density at radius 3 is 2.20 bits per heavy atom. The van der Waals surface area contributed by atoms with E-state index in [-0.39, 0.29) is 5.41 Å². The first-order valence-corrected chi connectivity index (χ1v) is 6.16. The van der Waals surface area contributed by atoms with Crippen molar-refractivity contribution in [2.75, 3.05) is 7.11 Å². The molecule has 1 atom stereocenters. The maximum absolute atomic E-state index is 5.15. The molecule has 0 saturated carbocycles. The van der Waals surface area contributed by atoms with Crippen LogP contribution in [-0.2, 0) is 5.41 Å². The highest BCUT2D eigenvalue weighted by Gasteiger charge is 2.22. The van der Waals surface area contributed by atoms with Gasteiger partial charge in [-0.2, -0.15) is 0 Å². The third-order valence-electron chi connectivity index (χ3n) is 2.66. The van der Waals surface area contributed by atoms with Gasteiger partial charge >= 0.3 is 0 Å². The number of benzene rings is 1. The van der Waals surface area contributed by atoms with Crippen molar-refractivity contribution in [3.8, 4) is 5.75 Å². The van der Waals surface area contributed by atoms with E-state index < -0.39 is 0 Å². The molecule has 1 rings (SSSR count). The van der Waals surface area contributed by atoms with Crippen molar-refractivity contribution >= 4 is 15.9 Å². The zero-order valence-corrected chi connectivity index (χ0v) is 11.5. The summed E-state index contributed by atoms with van der Waals surface area (Å²) in [6.07, 6.45) is 1.12. The minimum atomic E-state index is 0.204. The number of hydrogen-bond acceptors (Lipinski definition) is 1. The van der Waals surface area contributed by atoms with Crippen LogP contribution in [0.25, 0.3) is 0 Å². The van der Waals surface area contributed by atoms with Gasteiger partial charge < -0.3 is 4.74 Å². The Bertz CT molecular complexity index is 301. The second kappa shape index (κ2) is 5.02. The Hall–Kier alpha value is -0.500. The second-order valence-electron chi connectivity index (χ2n) is 4.60. The Labute approximate surface area is 101 Å². The third-order valence-corrected chi connectivity index (χ3v) is 2.99. The van der Waals surface area contributed by atoms with Crippen LogP contribution in [0.2, 0.25) is 0 Å². The Balaban J connectivity index is 2.85. The zero-order valence-electron chi connectivity index (χ0n) is 9.88. The van der Waals surface area contributed by atoms with Gasteiger partial charge in [0.15, 0.2) is 0 Å². The van der Waals surface area contributed by atoms with Gasteiger partial charge in [-0.3, -0.25) is 0 Å². The van der Waals surface area contributed by atoms with E-state index in [9.17, 15) is 0 Å². The predicted molar refractivity (Wildman–Crippen MR) is 69.0 cm³/mol. The highest BCUT2D eigenvalue weighted by molar-refractivity contribution is 9.09. The summed E-state index contributed by atoms with van der Waals surface area (Å²) in [7, 11) is 1.70. The molecule has 0 aromatic heterocycles. The van der Waals surface area contributed by atoms with Crippen molar-refractivity contribution in [1.29, 1.82) is 0 Å². The highest BCUT2D eigenvalue weighted by Crippen LogP contribution is 2.31. The molecule has 1 aromatic rings. The molecular formula is C13H19BrO. The van der Waals surface area contributed by atoms with Gasteiger partial charge in [0.1, 0.15) is 5.75 Å². The lowest BCUT2D eigenvalue weighted by molar-refractivity contribution is 0.413. The number of alkyl halides is 1. The lowest BCUT2D eigenvalue weighted by atomic mass is 9.81. The summed E-state index contributed by atoms with van der Waals surface area (Å²) in [6, 6.07) is 8.34. The smallest absolute Gasteiger partial charge is 0.118 e. The van der Waals surface area contributed by atoms with Gasteiger partial charge in [-0.05, 0) is 29.5 Å². The molecule has 0 spiro atoms. The standard InChI is InChI=1S/C13H19BrO/c1-10(14)9-13(2,3)11-5-7-12(15-4)8-6-11/h5-8,10H,9H2,1-4H3/t10-/m1/s1. The topological polar surface area (TPSA) is 9.23 Å². The van der Waals surface area contributed by atoms with E-state index in [0.29, 0.717) is 4.83 Å². The van der Waals surface area contributed by atoms with Crippen molar-refractivity contribution in [1.82, 2.24) is 0 Å². The number of rotatable bonds is 4. The van der Waals surface area contributed by atoms with Gasteiger partial charge in [-0.1, -0.05) is 48.8 Å². The molecule has 0 bridgehead atoms. The van der Waals surface area contributed by atoms with E-state index in [1.54, 1.807) is 7.11 Å². The van der Waals surface area contributed by atoms with Crippen LogP contribution < -0.4 is 4.74 Å². The van der Waals surface area contributed by atoms with Gasteiger partial charge in [0.25, 0.3) is 0 Å². The normalized spacial score (nSPS) is 13.7. The molecule has 0 amide bonds. The second-order valence-corrected chi connectivity index (χ2v) is 6.16. The van der Waals surface area contributed by atoms with Crippen LogP contribution >= 0.6 is 15.9 Å². The van der Waals surface area contributed by atoms with E-state index in [1.165, 1.54) is 5.56 Å². The van der Waals surface area contributed by atoms with E-state index >= 15 is 0 Å². The van der Waals surface area contributed by atoms with Crippen molar-refractivity contribution in [2.45, 2.75) is 37.4 Å². The first-order valence-electron chi connectivity index (χ1n) is 5.24. The van der Waals surface area contributed by atoms with Crippen molar-refractivity contribution in [3.63, 3.8) is 0 Å². The number of hydrogen-bond donors (Lipinski definition) is 0. The number of methoxy groups -OCH3 is 1. The van der Waals surface area contributed by atoms with Crippen molar-refractivity contribution < 1.29 is 4.74 Å². The van der Waals surface area contributed by atoms with Crippen LogP contribution in [-0.4, -0.2) is 11.9 Å². The summed E-state index contributed by atoms with van der Waals surface area (Å²) in [5, 5.41) is 0. The molecule has 1 nitrogen and oxygen atoms in total. The molecule has 84 valence electrons. The quantitative estimate of drug-likeness (QED) is 0.747. The maximum atomic E-state index is 5.15. The van der Waals surface area contributed by atoms with Gasteiger partial charge in [-0.15, -0.1) is 0 Å². The maximum Gasteiger partial charge on any atom is 0.118 e. The zero-order chi connectivity index (χ0) is 11.5. The van der Waals surface area contributed by atoms with Crippen LogP contribution in [0.3, 0.4) is 0 Å². The monoisotopic (exact) mass is 270 g/mol. The summed E-state index contributed by atoms with van der Waals surface area (Å²) in [5.74, 6) is 0.918.